The van der Waals surface area contributed by atoms with Crippen LogP contribution in [0, 0.1) is 6.92 Å². The summed E-state index contributed by atoms with van der Waals surface area (Å²) in [6, 6.07) is 9.75. The Morgan fingerprint density at radius 1 is 1.32 bits per heavy atom. The number of rotatable bonds is 6. The fourth-order valence-electron chi connectivity index (χ4n) is 3.51. The SMILES string of the molecule is COCCN(Cc1ccncc1)C(=O)N[C@H]1CC(C)(C)Oc2ccc(C)cc21. The van der Waals surface area contributed by atoms with Crippen LogP contribution >= 0.6 is 0 Å². The Morgan fingerprint density at radius 2 is 2.07 bits per heavy atom. The zero-order valence-corrected chi connectivity index (χ0v) is 17.1. The van der Waals surface area contributed by atoms with E-state index in [1.165, 1.54) is 0 Å². The molecule has 0 saturated heterocycles. The molecule has 2 amide bonds. The quantitative estimate of drug-likeness (QED) is 0.823. The van der Waals surface area contributed by atoms with Gasteiger partial charge in [-0.1, -0.05) is 17.7 Å². The zero-order chi connectivity index (χ0) is 20.1. The topological polar surface area (TPSA) is 63.7 Å². The summed E-state index contributed by atoms with van der Waals surface area (Å²) in [7, 11) is 1.64. The number of amides is 2. The summed E-state index contributed by atoms with van der Waals surface area (Å²) in [6.45, 7) is 7.65. The minimum Gasteiger partial charge on any atom is -0.487 e. The van der Waals surface area contributed by atoms with Gasteiger partial charge in [-0.15, -0.1) is 0 Å². The molecule has 1 aromatic carbocycles. The molecule has 1 atom stereocenters. The van der Waals surface area contributed by atoms with Gasteiger partial charge < -0.3 is 19.7 Å². The predicted octanol–water partition coefficient (Wildman–Crippen LogP) is 3.85. The van der Waals surface area contributed by atoms with Crippen molar-refractivity contribution in [3.8, 4) is 5.75 Å². The van der Waals surface area contributed by atoms with Crippen molar-refractivity contribution in [1.29, 1.82) is 0 Å². The minimum absolute atomic E-state index is 0.103. The smallest absolute Gasteiger partial charge is 0.318 e. The molecule has 0 spiro atoms. The van der Waals surface area contributed by atoms with E-state index in [-0.39, 0.29) is 17.7 Å². The first-order valence-electron chi connectivity index (χ1n) is 9.61. The molecule has 28 heavy (non-hydrogen) atoms. The molecule has 0 bridgehead atoms. The molecule has 150 valence electrons. The molecule has 2 heterocycles. The molecular formula is C22H29N3O3. The number of fused-ring (bicyclic) bond motifs is 1. The molecule has 0 fully saturated rings. The van der Waals surface area contributed by atoms with Gasteiger partial charge in [0.2, 0.25) is 0 Å². The molecule has 6 heteroatoms. The molecule has 1 N–H and O–H groups in total. The first-order chi connectivity index (χ1) is 13.4. The van der Waals surface area contributed by atoms with Crippen LogP contribution in [0.2, 0.25) is 0 Å². The molecule has 2 aromatic rings. The number of aromatic nitrogens is 1. The van der Waals surface area contributed by atoms with Crippen LogP contribution in [0.5, 0.6) is 5.75 Å². The van der Waals surface area contributed by atoms with E-state index < -0.39 is 0 Å². The average molecular weight is 383 g/mol. The van der Waals surface area contributed by atoms with Crippen LogP contribution in [0.15, 0.2) is 42.7 Å². The molecule has 0 radical (unpaired) electrons. The minimum atomic E-state index is -0.345. The highest BCUT2D eigenvalue weighted by Gasteiger charge is 2.35. The van der Waals surface area contributed by atoms with E-state index in [0.29, 0.717) is 26.1 Å². The van der Waals surface area contributed by atoms with Crippen LogP contribution < -0.4 is 10.1 Å². The van der Waals surface area contributed by atoms with Crippen molar-refractivity contribution in [3.05, 3.63) is 59.4 Å². The third-order valence-electron chi connectivity index (χ3n) is 4.90. The highest BCUT2D eigenvalue weighted by atomic mass is 16.5. The Hall–Kier alpha value is -2.60. The second-order valence-electron chi connectivity index (χ2n) is 7.88. The van der Waals surface area contributed by atoms with Gasteiger partial charge >= 0.3 is 6.03 Å². The third kappa shape index (κ3) is 5.01. The van der Waals surface area contributed by atoms with Crippen molar-refractivity contribution in [2.24, 2.45) is 0 Å². The standard InChI is InChI=1S/C22H29N3O3/c1-16-5-6-20-18(13-16)19(14-22(2,3)28-20)24-21(26)25(11-12-27-4)15-17-7-9-23-10-8-17/h5-10,13,19H,11-12,14-15H2,1-4H3,(H,24,26)/t19-/m0/s1. The second-order valence-corrected chi connectivity index (χ2v) is 7.88. The van der Waals surface area contributed by atoms with Gasteiger partial charge in [-0.2, -0.15) is 0 Å². The fraction of sp³-hybridized carbons (Fsp3) is 0.455. The van der Waals surface area contributed by atoms with E-state index >= 15 is 0 Å². The van der Waals surface area contributed by atoms with Crippen LogP contribution in [-0.2, 0) is 11.3 Å². The Bertz CT molecular complexity index is 808. The van der Waals surface area contributed by atoms with E-state index in [0.717, 1.165) is 22.4 Å². The van der Waals surface area contributed by atoms with Gasteiger partial charge in [-0.25, -0.2) is 4.79 Å². The van der Waals surface area contributed by atoms with Gasteiger partial charge in [0, 0.05) is 44.6 Å². The normalized spacial score (nSPS) is 17.4. The monoisotopic (exact) mass is 383 g/mol. The Labute approximate surface area is 166 Å². The number of nitrogens with zero attached hydrogens (tertiary/aromatic N) is 2. The number of carbonyl (C=O) groups excluding carboxylic acids is 1. The number of benzene rings is 1. The summed E-state index contributed by atoms with van der Waals surface area (Å²) in [4.78, 5) is 18.9. The van der Waals surface area contributed by atoms with E-state index in [1.54, 1.807) is 24.4 Å². The lowest BCUT2D eigenvalue weighted by molar-refractivity contribution is 0.0657. The maximum Gasteiger partial charge on any atom is 0.318 e. The molecule has 0 unspecified atom stereocenters. The van der Waals surface area contributed by atoms with Gasteiger partial charge in [0.15, 0.2) is 0 Å². The lowest BCUT2D eigenvalue weighted by Crippen LogP contribution is -2.46. The Morgan fingerprint density at radius 3 is 2.79 bits per heavy atom. The average Bonchev–Trinajstić information content (AvgIpc) is 2.66. The van der Waals surface area contributed by atoms with Gasteiger partial charge in [-0.3, -0.25) is 4.98 Å². The first-order valence-corrected chi connectivity index (χ1v) is 9.61. The van der Waals surface area contributed by atoms with Crippen molar-refractivity contribution in [2.75, 3.05) is 20.3 Å². The highest BCUT2D eigenvalue weighted by molar-refractivity contribution is 5.75. The molecule has 3 rings (SSSR count). The zero-order valence-electron chi connectivity index (χ0n) is 17.1. The van der Waals surface area contributed by atoms with E-state index in [1.807, 2.05) is 31.2 Å². The number of methoxy groups -OCH3 is 1. The summed E-state index contributed by atoms with van der Waals surface area (Å²) in [5.74, 6) is 0.838. The van der Waals surface area contributed by atoms with Gasteiger partial charge in [0.1, 0.15) is 11.4 Å². The highest BCUT2D eigenvalue weighted by Crippen LogP contribution is 2.39. The summed E-state index contributed by atoms with van der Waals surface area (Å²) in [5.41, 5.74) is 2.87. The largest absolute Gasteiger partial charge is 0.487 e. The summed E-state index contributed by atoms with van der Waals surface area (Å²) < 4.78 is 11.3. The molecule has 1 aliphatic rings. The Kier molecular flexibility index (Phi) is 6.19. The van der Waals surface area contributed by atoms with Crippen molar-refractivity contribution in [2.45, 2.75) is 45.4 Å². The number of hydrogen-bond donors (Lipinski definition) is 1. The van der Waals surface area contributed by atoms with Crippen molar-refractivity contribution in [3.63, 3.8) is 0 Å². The van der Waals surface area contributed by atoms with E-state index in [2.05, 4.69) is 30.2 Å². The number of nitrogens with one attached hydrogen (secondary N) is 1. The molecule has 0 saturated carbocycles. The first kappa shape index (κ1) is 20.1. The second kappa shape index (κ2) is 8.61. The number of aryl methyl sites for hydroxylation is 1. The number of ether oxygens (including phenoxy) is 2. The molecule has 0 aliphatic carbocycles. The predicted molar refractivity (Wildman–Crippen MR) is 108 cm³/mol. The molecule has 1 aliphatic heterocycles. The maximum atomic E-state index is 13.1. The Balaban J connectivity index is 1.79. The number of pyridine rings is 1. The maximum absolute atomic E-state index is 13.1. The molecule has 1 aromatic heterocycles. The fourth-order valence-corrected chi connectivity index (χ4v) is 3.51. The summed E-state index contributed by atoms with van der Waals surface area (Å²) in [6.07, 6.45) is 4.19. The van der Waals surface area contributed by atoms with Crippen LogP contribution in [0.1, 0.15) is 43.0 Å². The van der Waals surface area contributed by atoms with Crippen LogP contribution in [-0.4, -0.2) is 41.8 Å². The van der Waals surface area contributed by atoms with Gasteiger partial charge in [-0.05, 0) is 44.5 Å². The van der Waals surface area contributed by atoms with Crippen LogP contribution in [0.4, 0.5) is 4.79 Å². The van der Waals surface area contributed by atoms with E-state index in [9.17, 15) is 4.79 Å². The number of carbonyl (C=O) groups is 1. The van der Waals surface area contributed by atoms with Crippen molar-refractivity contribution < 1.29 is 14.3 Å². The molecule has 6 nitrogen and oxygen atoms in total. The third-order valence-corrected chi connectivity index (χ3v) is 4.90. The summed E-state index contributed by atoms with van der Waals surface area (Å²) >= 11 is 0. The summed E-state index contributed by atoms with van der Waals surface area (Å²) in [5, 5.41) is 3.22. The van der Waals surface area contributed by atoms with E-state index in [4.69, 9.17) is 9.47 Å². The van der Waals surface area contributed by atoms with Gasteiger partial charge in [0.25, 0.3) is 0 Å². The number of urea groups is 1. The number of hydrogen-bond acceptors (Lipinski definition) is 4. The van der Waals surface area contributed by atoms with Crippen molar-refractivity contribution >= 4 is 6.03 Å². The van der Waals surface area contributed by atoms with Crippen LogP contribution in [0.25, 0.3) is 0 Å². The van der Waals surface area contributed by atoms with Crippen LogP contribution in [0.3, 0.4) is 0 Å². The lowest BCUT2D eigenvalue weighted by atomic mass is 9.89. The van der Waals surface area contributed by atoms with Gasteiger partial charge in [0.05, 0.1) is 12.6 Å². The lowest BCUT2D eigenvalue weighted by Gasteiger charge is -2.38. The molecular weight excluding hydrogens is 354 g/mol. The van der Waals surface area contributed by atoms with Crippen molar-refractivity contribution in [1.82, 2.24) is 15.2 Å².